The van der Waals surface area contributed by atoms with Crippen molar-refractivity contribution in [2.75, 3.05) is 6.61 Å². The standard InChI is InChI=1S/C26H24F6N6O5/c27-25(28,29)24(41,26(30,31)32)13-42-16-8-9-18-17(11-34-38(18)12-16)22(40)35-14-4-6-15(7-5-14)43-23-20(21(33)39)19-3-1-2-10-37(19)36-23/h1-3,8-12,14-15,41H,4-7,13H2,(H2,33,39)(H,35,40)/t14-,15-. The number of fused-ring (bicyclic) bond motifs is 2. The summed E-state index contributed by atoms with van der Waals surface area (Å²) in [6, 6.07) is 7.26. The number of carbonyl (C=O) groups excluding carboxylic acids is 2. The molecule has 1 aliphatic carbocycles. The van der Waals surface area contributed by atoms with Gasteiger partial charge in [0.25, 0.3) is 17.4 Å². The number of pyridine rings is 2. The number of alkyl halides is 6. The number of aromatic nitrogens is 4. The minimum Gasteiger partial charge on any atom is -0.488 e. The number of nitrogens with zero attached hydrogens (tertiary/aromatic N) is 4. The number of amides is 2. The van der Waals surface area contributed by atoms with Crippen molar-refractivity contribution in [3.63, 3.8) is 0 Å². The first kappa shape index (κ1) is 29.9. The van der Waals surface area contributed by atoms with Crippen molar-refractivity contribution in [1.29, 1.82) is 0 Å². The van der Waals surface area contributed by atoms with E-state index in [-0.39, 0.29) is 34.7 Å². The molecule has 5 rings (SSSR count). The minimum absolute atomic E-state index is 0.114. The molecule has 0 unspecified atom stereocenters. The van der Waals surface area contributed by atoms with E-state index in [4.69, 9.17) is 10.5 Å². The topological polar surface area (TPSA) is 145 Å². The van der Waals surface area contributed by atoms with Crippen LogP contribution in [0.5, 0.6) is 11.6 Å². The van der Waals surface area contributed by atoms with Crippen molar-refractivity contribution in [3.8, 4) is 11.6 Å². The first-order valence-electron chi connectivity index (χ1n) is 12.9. The van der Waals surface area contributed by atoms with Gasteiger partial charge in [0.2, 0.25) is 5.88 Å². The second-order valence-corrected chi connectivity index (χ2v) is 10.0. The lowest BCUT2D eigenvalue weighted by Crippen LogP contribution is -2.60. The number of aliphatic hydroxyl groups is 1. The normalized spacial score (nSPS) is 18.1. The molecule has 43 heavy (non-hydrogen) atoms. The quantitative estimate of drug-likeness (QED) is 0.258. The van der Waals surface area contributed by atoms with Gasteiger partial charge in [-0.25, -0.2) is 9.03 Å². The van der Waals surface area contributed by atoms with Crippen LogP contribution in [0.4, 0.5) is 26.3 Å². The maximum Gasteiger partial charge on any atom is 0.429 e. The molecular formula is C26H24F6N6O5. The molecule has 0 spiro atoms. The van der Waals surface area contributed by atoms with Crippen molar-refractivity contribution >= 4 is 22.8 Å². The number of hydrogen-bond acceptors (Lipinski definition) is 7. The lowest BCUT2D eigenvalue weighted by atomic mass is 9.92. The van der Waals surface area contributed by atoms with Crippen LogP contribution in [0, 0.1) is 0 Å². The third-order valence-electron chi connectivity index (χ3n) is 7.16. The molecule has 4 aromatic heterocycles. The van der Waals surface area contributed by atoms with Crippen LogP contribution in [-0.2, 0) is 0 Å². The summed E-state index contributed by atoms with van der Waals surface area (Å²) in [6.45, 7) is -2.13. The summed E-state index contributed by atoms with van der Waals surface area (Å²) in [5, 5.41) is 20.4. The molecule has 17 heteroatoms. The summed E-state index contributed by atoms with van der Waals surface area (Å²) in [5.74, 6) is -1.48. The molecule has 0 radical (unpaired) electrons. The molecule has 0 bridgehead atoms. The average molecular weight is 615 g/mol. The molecule has 2 amide bonds. The number of rotatable bonds is 8. The fraction of sp³-hybridized carbons (Fsp3) is 0.385. The van der Waals surface area contributed by atoms with Gasteiger partial charge in [0.15, 0.2) is 0 Å². The zero-order valence-electron chi connectivity index (χ0n) is 22.0. The minimum atomic E-state index is -6.03. The Labute approximate surface area is 238 Å². The van der Waals surface area contributed by atoms with Gasteiger partial charge in [-0.15, -0.1) is 5.10 Å². The van der Waals surface area contributed by atoms with Crippen LogP contribution >= 0.6 is 0 Å². The van der Waals surface area contributed by atoms with E-state index in [0.29, 0.717) is 31.2 Å². The fourth-order valence-electron chi connectivity index (χ4n) is 4.78. The Bertz CT molecular complexity index is 1640. The van der Waals surface area contributed by atoms with Crippen LogP contribution < -0.4 is 20.5 Å². The number of halogens is 6. The first-order chi connectivity index (χ1) is 20.2. The third kappa shape index (κ3) is 5.76. The van der Waals surface area contributed by atoms with Crippen molar-refractivity contribution in [3.05, 3.63) is 60.0 Å². The molecular weight excluding hydrogens is 590 g/mol. The molecule has 230 valence electrons. The number of ether oxygens (including phenoxy) is 2. The summed E-state index contributed by atoms with van der Waals surface area (Å²) in [4.78, 5) is 25.0. The van der Waals surface area contributed by atoms with Gasteiger partial charge < -0.3 is 25.6 Å². The molecule has 4 heterocycles. The summed E-state index contributed by atoms with van der Waals surface area (Å²) in [7, 11) is 0. The first-order valence-corrected chi connectivity index (χ1v) is 12.9. The smallest absolute Gasteiger partial charge is 0.429 e. The molecule has 4 aromatic rings. The van der Waals surface area contributed by atoms with Crippen LogP contribution in [0.2, 0.25) is 0 Å². The Hall–Kier alpha value is -4.54. The van der Waals surface area contributed by atoms with Gasteiger partial charge in [-0.2, -0.15) is 31.4 Å². The van der Waals surface area contributed by atoms with Crippen LogP contribution in [0.1, 0.15) is 46.4 Å². The van der Waals surface area contributed by atoms with E-state index in [1.165, 1.54) is 16.8 Å². The Morgan fingerprint density at radius 3 is 2.35 bits per heavy atom. The van der Waals surface area contributed by atoms with Gasteiger partial charge in [0, 0.05) is 12.2 Å². The maximum absolute atomic E-state index is 13.0. The van der Waals surface area contributed by atoms with Gasteiger partial charge >= 0.3 is 12.4 Å². The van der Waals surface area contributed by atoms with Crippen molar-refractivity contribution in [2.45, 2.75) is 55.8 Å². The Morgan fingerprint density at radius 2 is 1.70 bits per heavy atom. The van der Waals surface area contributed by atoms with E-state index in [2.05, 4.69) is 20.3 Å². The summed E-state index contributed by atoms with van der Waals surface area (Å²) in [5.41, 5.74) is 1.48. The number of primary amides is 1. The van der Waals surface area contributed by atoms with Crippen LogP contribution in [0.3, 0.4) is 0 Å². The van der Waals surface area contributed by atoms with Crippen LogP contribution in [0.15, 0.2) is 48.9 Å². The number of carbonyl (C=O) groups is 2. The van der Waals surface area contributed by atoms with E-state index in [1.807, 2.05) is 0 Å². The molecule has 1 fully saturated rings. The third-order valence-corrected chi connectivity index (χ3v) is 7.16. The van der Waals surface area contributed by atoms with E-state index < -0.39 is 42.1 Å². The molecule has 11 nitrogen and oxygen atoms in total. The van der Waals surface area contributed by atoms with Gasteiger partial charge in [-0.05, 0) is 49.9 Å². The lowest BCUT2D eigenvalue weighted by molar-refractivity contribution is -0.373. The Balaban J connectivity index is 1.19. The number of nitrogens with one attached hydrogen (secondary N) is 1. The second kappa shape index (κ2) is 10.9. The SMILES string of the molecule is NC(=O)c1c(O[C@H]2CC[C@H](NC(=O)c3cnn4cc(OCC(O)(C(F)(F)F)C(F)(F)F)ccc34)CC2)nn2ccccc12. The number of hydrogen-bond donors (Lipinski definition) is 3. The molecule has 0 aliphatic heterocycles. The average Bonchev–Trinajstić information content (AvgIpc) is 3.52. The number of nitrogens with two attached hydrogens (primary N) is 1. The summed E-state index contributed by atoms with van der Waals surface area (Å²) < 4.78 is 90.6. The van der Waals surface area contributed by atoms with Gasteiger partial charge in [-0.1, -0.05) is 6.07 Å². The summed E-state index contributed by atoms with van der Waals surface area (Å²) in [6.07, 6.45) is -6.35. The Morgan fingerprint density at radius 1 is 1.00 bits per heavy atom. The lowest BCUT2D eigenvalue weighted by Gasteiger charge is -2.31. The highest BCUT2D eigenvalue weighted by atomic mass is 19.4. The molecule has 0 atom stereocenters. The highest BCUT2D eigenvalue weighted by molar-refractivity contribution is 6.02. The van der Waals surface area contributed by atoms with Crippen molar-refractivity contribution in [1.82, 2.24) is 24.5 Å². The fourth-order valence-corrected chi connectivity index (χ4v) is 4.78. The van der Waals surface area contributed by atoms with E-state index >= 15 is 0 Å². The second-order valence-electron chi connectivity index (χ2n) is 10.0. The zero-order valence-corrected chi connectivity index (χ0v) is 22.0. The predicted octanol–water partition coefficient (Wildman–Crippen LogP) is 3.44. The molecule has 0 aromatic carbocycles. The maximum atomic E-state index is 13.0. The molecule has 1 aliphatic rings. The molecule has 0 saturated heterocycles. The van der Waals surface area contributed by atoms with Gasteiger partial charge in [0.05, 0.1) is 29.0 Å². The molecule has 4 N–H and O–H groups in total. The van der Waals surface area contributed by atoms with Crippen molar-refractivity contribution < 1.29 is 50.5 Å². The van der Waals surface area contributed by atoms with Crippen LogP contribution in [-0.4, -0.2) is 72.9 Å². The van der Waals surface area contributed by atoms with Crippen molar-refractivity contribution in [2.24, 2.45) is 5.73 Å². The van der Waals surface area contributed by atoms with E-state index in [9.17, 15) is 41.0 Å². The predicted molar refractivity (Wildman–Crippen MR) is 136 cm³/mol. The highest BCUT2D eigenvalue weighted by Crippen LogP contribution is 2.43. The monoisotopic (exact) mass is 614 g/mol. The van der Waals surface area contributed by atoms with Gasteiger partial charge in [-0.3, -0.25) is 9.59 Å². The van der Waals surface area contributed by atoms with E-state index in [1.54, 1.807) is 24.4 Å². The highest BCUT2D eigenvalue weighted by Gasteiger charge is 2.71. The van der Waals surface area contributed by atoms with Gasteiger partial charge in [0.1, 0.15) is 24.0 Å². The largest absolute Gasteiger partial charge is 0.488 e. The van der Waals surface area contributed by atoms with E-state index in [0.717, 1.165) is 16.8 Å². The zero-order chi connectivity index (χ0) is 31.2. The Kier molecular flexibility index (Phi) is 7.62. The summed E-state index contributed by atoms with van der Waals surface area (Å²) >= 11 is 0. The van der Waals surface area contributed by atoms with Crippen LogP contribution in [0.25, 0.3) is 11.0 Å². The molecule has 1 saturated carbocycles.